The van der Waals surface area contributed by atoms with E-state index in [1.807, 2.05) is 24.3 Å². The molecule has 1 fully saturated rings. The predicted molar refractivity (Wildman–Crippen MR) is 179 cm³/mol. The molecule has 248 valence electrons. The number of ketones is 1. The van der Waals surface area contributed by atoms with Crippen LogP contribution in [0.4, 0.5) is 17.6 Å². The fourth-order valence-electron chi connectivity index (χ4n) is 5.95. The van der Waals surface area contributed by atoms with Gasteiger partial charge in [-0.05, 0) is 120 Å². The molecule has 5 rings (SSSR count). The quantitative estimate of drug-likeness (QED) is 0.130. The lowest BCUT2D eigenvalue weighted by molar-refractivity contribution is -0.113. The predicted octanol–water partition coefficient (Wildman–Crippen LogP) is 8.34. The van der Waals surface area contributed by atoms with Crippen molar-refractivity contribution in [3.8, 4) is 16.9 Å². The molecule has 0 spiro atoms. The second-order valence-corrected chi connectivity index (χ2v) is 11.7. The van der Waals surface area contributed by atoms with Gasteiger partial charge < -0.3 is 15.4 Å². The highest BCUT2D eigenvalue weighted by Gasteiger charge is 2.31. The van der Waals surface area contributed by atoms with Crippen LogP contribution in [-0.4, -0.2) is 42.8 Å². The molecule has 0 bridgehead atoms. The summed E-state index contributed by atoms with van der Waals surface area (Å²) < 4.78 is 61.5. The minimum Gasteiger partial charge on any atom is -0.492 e. The van der Waals surface area contributed by atoms with Gasteiger partial charge in [0.15, 0.2) is 29.1 Å². The Balaban J connectivity index is 1.55. The Bertz CT molecular complexity index is 1810. The van der Waals surface area contributed by atoms with E-state index in [9.17, 15) is 27.2 Å². The number of nitrogens with two attached hydrogens (primary N) is 1. The SMILES string of the molecule is CCN(CC)CCOc1ccc(-c2ccc(C(N)=O)cc2C2C/C(=C\c3ccc(F)c(F)c3)C(=O)/C(=C/c3ccc(F)c(F)c3)C2)cc1. The fraction of sp³-hybridized carbons (Fsp3) is 0.231. The first-order chi connectivity index (χ1) is 23.1. The van der Waals surface area contributed by atoms with Gasteiger partial charge in [-0.3, -0.25) is 9.59 Å². The van der Waals surface area contributed by atoms with Crippen molar-refractivity contribution in [1.29, 1.82) is 0 Å². The molecule has 1 saturated carbocycles. The van der Waals surface area contributed by atoms with Crippen molar-refractivity contribution < 1.29 is 31.9 Å². The molecular formula is C39H36F4N2O3. The summed E-state index contributed by atoms with van der Waals surface area (Å²) in [4.78, 5) is 28.3. The molecule has 0 aromatic heterocycles. The molecule has 4 aromatic rings. The van der Waals surface area contributed by atoms with Crippen LogP contribution in [-0.2, 0) is 4.79 Å². The van der Waals surface area contributed by atoms with Gasteiger partial charge in [0.05, 0.1) is 0 Å². The minimum absolute atomic E-state index is 0.203. The molecule has 1 amide bonds. The zero-order chi connectivity index (χ0) is 34.4. The summed E-state index contributed by atoms with van der Waals surface area (Å²) in [5.74, 6) is -4.80. The summed E-state index contributed by atoms with van der Waals surface area (Å²) in [6.07, 6.45) is 3.40. The lowest BCUT2D eigenvalue weighted by Crippen LogP contribution is -2.27. The first-order valence-electron chi connectivity index (χ1n) is 15.8. The number of Topliss-reactive ketones (excluding diaryl/α,β-unsaturated/α-hetero) is 1. The van der Waals surface area contributed by atoms with Gasteiger partial charge in [-0.15, -0.1) is 0 Å². The first kappa shape index (κ1) is 34.3. The third-order valence-electron chi connectivity index (χ3n) is 8.60. The molecule has 48 heavy (non-hydrogen) atoms. The number of nitrogens with zero attached hydrogens (tertiary/aromatic N) is 1. The van der Waals surface area contributed by atoms with E-state index in [0.29, 0.717) is 23.5 Å². The van der Waals surface area contributed by atoms with Crippen molar-refractivity contribution in [3.63, 3.8) is 0 Å². The molecule has 0 unspecified atom stereocenters. The van der Waals surface area contributed by atoms with Crippen molar-refractivity contribution in [2.75, 3.05) is 26.2 Å². The van der Waals surface area contributed by atoms with Gasteiger partial charge in [-0.1, -0.05) is 44.2 Å². The number of amides is 1. The number of benzene rings is 4. The van der Waals surface area contributed by atoms with E-state index in [1.54, 1.807) is 18.2 Å². The van der Waals surface area contributed by atoms with E-state index in [2.05, 4.69) is 18.7 Å². The normalized spacial score (nSPS) is 16.6. The zero-order valence-corrected chi connectivity index (χ0v) is 26.7. The van der Waals surface area contributed by atoms with Crippen LogP contribution in [0.25, 0.3) is 23.3 Å². The molecule has 4 aromatic carbocycles. The van der Waals surface area contributed by atoms with Crippen molar-refractivity contribution in [2.24, 2.45) is 5.73 Å². The van der Waals surface area contributed by atoms with E-state index < -0.39 is 29.2 Å². The molecule has 0 aliphatic heterocycles. The lowest BCUT2D eigenvalue weighted by Gasteiger charge is -2.28. The second kappa shape index (κ2) is 15.3. The van der Waals surface area contributed by atoms with Crippen molar-refractivity contribution in [1.82, 2.24) is 4.90 Å². The molecule has 1 aliphatic rings. The fourth-order valence-corrected chi connectivity index (χ4v) is 5.95. The van der Waals surface area contributed by atoms with Crippen LogP contribution in [0.3, 0.4) is 0 Å². The average molecular weight is 657 g/mol. The average Bonchev–Trinajstić information content (AvgIpc) is 3.08. The molecule has 0 radical (unpaired) electrons. The van der Waals surface area contributed by atoms with Gasteiger partial charge in [0.2, 0.25) is 5.91 Å². The minimum atomic E-state index is -1.06. The summed E-state index contributed by atoms with van der Waals surface area (Å²) >= 11 is 0. The van der Waals surface area contributed by atoms with E-state index >= 15 is 0 Å². The largest absolute Gasteiger partial charge is 0.492 e. The third kappa shape index (κ3) is 8.09. The summed E-state index contributed by atoms with van der Waals surface area (Å²) in [7, 11) is 0. The van der Waals surface area contributed by atoms with E-state index in [4.69, 9.17) is 10.5 Å². The molecule has 5 nitrogen and oxygen atoms in total. The topological polar surface area (TPSA) is 72.6 Å². The maximum Gasteiger partial charge on any atom is 0.248 e. The molecular weight excluding hydrogens is 620 g/mol. The zero-order valence-electron chi connectivity index (χ0n) is 26.7. The number of carbonyl (C=O) groups is 2. The van der Waals surface area contributed by atoms with Crippen molar-refractivity contribution in [2.45, 2.75) is 32.6 Å². The van der Waals surface area contributed by atoms with Crippen molar-refractivity contribution >= 4 is 23.8 Å². The Labute approximate surface area is 277 Å². The number of halogens is 4. The number of likely N-dealkylation sites (N-methyl/N-ethyl adjacent to an activating group) is 1. The number of rotatable bonds is 11. The van der Waals surface area contributed by atoms with Crippen LogP contribution in [0.1, 0.15) is 59.7 Å². The molecule has 2 N–H and O–H groups in total. The highest BCUT2D eigenvalue weighted by Crippen LogP contribution is 2.43. The second-order valence-electron chi connectivity index (χ2n) is 11.7. The van der Waals surface area contributed by atoms with Crippen molar-refractivity contribution in [3.05, 3.63) is 136 Å². The summed E-state index contributed by atoms with van der Waals surface area (Å²) in [6, 6.07) is 19.4. The van der Waals surface area contributed by atoms with Crippen LogP contribution < -0.4 is 10.5 Å². The first-order valence-corrected chi connectivity index (χ1v) is 15.8. The van der Waals surface area contributed by atoms with Crippen LogP contribution in [0.2, 0.25) is 0 Å². The van der Waals surface area contributed by atoms with E-state index in [0.717, 1.165) is 60.6 Å². The molecule has 0 atom stereocenters. The molecule has 0 saturated heterocycles. The smallest absolute Gasteiger partial charge is 0.248 e. The highest BCUT2D eigenvalue weighted by atomic mass is 19.2. The Morgan fingerprint density at radius 3 is 1.85 bits per heavy atom. The number of hydrogen-bond acceptors (Lipinski definition) is 4. The van der Waals surface area contributed by atoms with Gasteiger partial charge >= 0.3 is 0 Å². The summed E-state index contributed by atoms with van der Waals surface area (Å²) in [5, 5.41) is 0. The van der Waals surface area contributed by atoms with E-state index in [-0.39, 0.29) is 41.2 Å². The third-order valence-corrected chi connectivity index (χ3v) is 8.60. The lowest BCUT2D eigenvalue weighted by atomic mass is 9.74. The Kier molecular flexibility index (Phi) is 10.9. The van der Waals surface area contributed by atoms with Gasteiger partial charge in [0.1, 0.15) is 12.4 Å². The maximum atomic E-state index is 14.1. The number of allylic oxidation sites excluding steroid dienone is 2. The van der Waals surface area contributed by atoms with Crippen LogP contribution >= 0.6 is 0 Å². The maximum absolute atomic E-state index is 14.1. The van der Waals surface area contributed by atoms with Gasteiger partial charge in [-0.25, -0.2) is 17.6 Å². The standard InChI is InChI=1S/C39H36F4N2O3/c1-3-45(4-2)15-16-48-31-10-7-26(8-11-31)32-12-9-27(39(44)47)23-33(32)28-21-29(17-24-5-13-34(40)36(42)19-24)38(46)30(22-28)18-25-6-14-35(41)37(43)20-25/h5-14,17-20,23,28H,3-4,15-16,21-22H2,1-2H3,(H2,44,47)/b29-17+,30-18+. The van der Waals surface area contributed by atoms with Crippen LogP contribution in [0.15, 0.2) is 90.0 Å². The summed E-state index contributed by atoms with van der Waals surface area (Å²) in [6.45, 7) is 7.41. The Morgan fingerprint density at radius 2 is 1.35 bits per heavy atom. The van der Waals surface area contributed by atoms with E-state index in [1.165, 1.54) is 24.3 Å². The van der Waals surface area contributed by atoms with Gasteiger partial charge in [0.25, 0.3) is 0 Å². The molecule has 0 heterocycles. The number of carbonyl (C=O) groups excluding carboxylic acids is 2. The van der Waals surface area contributed by atoms with Crippen LogP contribution in [0, 0.1) is 23.3 Å². The molecule has 9 heteroatoms. The Morgan fingerprint density at radius 1 is 0.792 bits per heavy atom. The Hall–Kier alpha value is -5.02. The number of hydrogen-bond donors (Lipinski definition) is 1. The highest BCUT2D eigenvalue weighted by molar-refractivity contribution is 6.14. The van der Waals surface area contributed by atoms with Gasteiger partial charge in [-0.2, -0.15) is 0 Å². The van der Waals surface area contributed by atoms with Gasteiger partial charge in [0, 0.05) is 23.3 Å². The van der Waals surface area contributed by atoms with Crippen LogP contribution in [0.5, 0.6) is 5.75 Å². The molecule has 1 aliphatic carbocycles. The summed E-state index contributed by atoms with van der Waals surface area (Å²) in [5.41, 5.74) is 9.51. The monoisotopic (exact) mass is 656 g/mol. The number of ether oxygens (including phenoxy) is 1. The number of primary amides is 1.